The molecule has 0 radical (unpaired) electrons. The number of ether oxygens (including phenoxy) is 1. The Balaban J connectivity index is 1.37. The van der Waals surface area contributed by atoms with Crippen LogP contribution in [0.4, 0.5) is 5.69 Å². The van der Waals surface area contributed by atoms with Crippen molar-refractivity contribution in [1.29, 1.82) is 0 Å². The van der Waals surface area contributed by atoms with E-state index in [2.05, 4.69) is 34.1 Å². The summed E-state index contributed by atoms with van der Waals surface area (Å²) in [6, 6.07) is 8.53. The van der Waals surface area contributed by atoms with E-state index in [-0.39, 0.29) is 5.91 Å². The normalized spacial score (nSPS) is 23.1. The van der Waals surface area contributed by atoms with Gasteiger partial charge in [0.1, 0.15) is 4.32 Å². The molecule has 3 aliphatic rings. The molecule has 0 bridgehead atoms. The molecule has 5 nitrogen and oxygen atoms in total. The molecule has 3 fully saturated rings. The van der Waals surface area contributed by atoms with Gasteiger partial charge in [0.2, 0.25) is 0 Å². The van der Waals surface area contributed by atoms with Crippen LogP contribution in [0.15, 0.2) is 29.2 Å². The smallest absolute Gasteiger partial charge is 0.266 e. The predicted octanol–water partition coefficient (Wildman–Crippen LogP) is 3.21. The summed E-state index contributed by atoms with van der Waals surface area (Å²) in [6.45, 7) is 7.16. The number of hydrogen-bond acceptors (Lipinski definition) is 6. The minimum absolute atomic E-state index is 0.0309. The molecule has 150 valence electrons. The standard InChI is InChI=1S/C21H27N3O2S2/c25-20-19(28-21(27)24(20)11-10-22-12-14-26-15-13-22)16-17-4-6-18(7-5-17)23-8-2-1-3-9-23/h4-7,16H,1-3,8-15H2/b19-16+. The molecule has 0 aromatic heterocycles. The van der Waals surface area contributed by atoms with Gasteiger partial charge >= 0.3 is 0 Å². The fourth-order valence-corrected chi connectivity index (χ4v) is 5.15. The van der Waals surface area contributed by atoms with Gasteiger partial charge in [0, 0.05) is 45.0 Å². The highest BCUT2D eigenvalue weighted by molar-refractivity contribution is 8.26. The van der Waals surface area contributed by atoms with Crippen LogP contribution in [-0.2, 0) is 9.53 Å². The fraction of sp³-hybridized carbons (Fsp3) is 0.524. The number of rotatable bonds is 5. The maximum absolute atomic E-state index is 12.8. The molecule has 0 spiro atoms. The summed E-state index contributed by atoms with van der Waals surface area (Å²) in [5.41, 5.74) is 2.32. The molecule has 1 aromatic carbocycles. The molecule has 0 saturated carbocycles. The molecule has 3 saturated heterocycles. The first-order chi connectivity index (χ1) is 13.7. The molecule has 0 N–H and O–H groups in total. The Morgan fingerprint density at radius 1 is 1.00 bits per heavy atom. The number of carbonyl (C=O) groups excluding carboxylic acids is 1. The number of carbonyl (C=O) groups is 1. The lowest BCUT2D eigenvalue weighted by atomic mass is 10.1. The maximum Gasteiger partial charge on any atom is 0.266 e. The second-order valence-corrected chi connectivity index (χ2v) is 9.10. The molecular formula is C21H27N3O2S2. The number of thiocarbonyl (C=S) groups is 1. The number of piperidine rings is 1. The summed E-state index contributed by atoms with van der Waals surface area (Å²) in [7, 11) is 0. The highest BCUT2D eigenvalue weighted by atomic mass is 32.2. The van der Waals surface area contributed by atoms with E-state index in [0.717, 1.165) is 56.4 Å². The average molecular weight is 418 g/mol. The third kappa shape index (κ3) is 4.76. The first-order valence-electron chi connectivity index (χ1n) is 10.1. The van der Waals surface area contributed by atoms with E-state index < -0.39 is 0 Å². The van der Waals surface area contributed by atoms with Crippen molar-refractivity contribution in [3.63, 3.8) is 0 Å². The minimum atomic E-state index is 0.0309. The Morgan fingerprint density at radius 3 is 2.43 bits per heavy atom. The third-order valence-corrected chi connectivity index (χ3v) is 6.91. The van der Waals surface area contributed by atoms with Crippen molar-refractivity contribution in [2.45, 2.75) is 19.3 Å². The summed E-state index contributed by atoms with van der Waals surface area (Å²) >= 11 is 6.87. The van der Waals surface area contributed by atoms with Crippen LogP contribution in [0.2, 0.25) is 0 Å². The number of hydrogen-bond donors (Lipinski definition) is 0. The lowest BCUT2D eigenvalue weighted by Gasteiger charge is -2.28. The van der Waals surface area contributed by atoms with Crippen LogP contribution >= 0.6 is 24.0 Å². The van der Waals surface area contributed by atoms with Gasteiger partial charge in [-0.25, -0.2) is 0 Å². The van der Waals surface area contributed by atoms with Gasteiger partial charge in [-0.1, -0.05) is 36.1 Å². The molecule has 1 aromatic rings. The Morgan fingerprint density at radius 2 is 1.71 bits per heavy atom. The second-order valence-electron chi connectivity index (χ2n) is 7.43. The number of morpholine rings is 1. The van der Waals surface area contributed by atoms with Crippen molar-refractivity contribution in [3.8, 4) is 0 Å². The van der Waals surface area contributed by atoms with Gasteiger partial charge in [0.05, 0.1) is 18.1 Å². The van der Waals surface area contributed by atoms with Gasteiger partial charge in [-0.05, 0) is 43.0 Å². The third-order valence-electron chi connectivity index (χ3n) is 5.53. The van der Waals surface area contributed by atoms with Gasteiger partial charge < -0.3 is 9.64 Å². The zero-order valence-electron chi connectivity index (χ0n) is 16.1. The van der Waals surface area contributed by atoms with E-state index >= 15 is 0 Å². The van der Waals surface area contributed by atoms with E-state index in [1.165, 1.54) is 36.7 Å². The molecular weight excluding hydrogens is 390 g/mol. The summed E-state index contributed by atoms with van der Waals surface area (Å²) in [5.74, 6) is 0.0309. The first-order valence-corrected chi connectivity index (χ1v) is 11.3. The van der Waals surface area contributed by atoms with E-state index in [0.29, 0.717) is 10.9 Å². The average Bonchev–Trinajstić information content (AvgIpc) is 3.01. The number of thioether (sulfide) groups is 1. The largest absolute Gasteiger partial charge is 0.379 e. The fourth-order valence-electron chi connectivity index (χ4n) is 3.84. The molecule has 3 aliphatic heterocycles. The van der Waals surface area contributed by atoms with Crippen molar-refractivity contribution in [2.75, 3.05) is 57.4 Å². The number of anilines is 1. The first kappa shape index (κ1) is 19.9. The Kier molecular flexibility index (Phi) is 6.67. The molecule has 4 rings (SSSR count). The van der Waals surface area contributed by atoms with Crippen LogP contribution in [0.5, 0.6) is 0 Å². The van der Waals surface area contributed by atoms with Gasteiger partial charge in [0.25, 0.3) is 5.91 Å². The zero-order chi connectivity index (χ0) is 19.3. The minimum Gasteiger partial charge on any atom is -0.379 e. The topological polar surface area (TPSA) is 36.0 Å². The van der Waals surface area contributed by atoms with E-state index in [4.69, 9.17) is 17.0 Å². The molecule has 1 amide bonds. The highest BCUT2D eigenvalue weighted by Gasteiger charge is 2.32. The summed E-state index contributed by atoms with van der Waals surface area (Å²) in [6.07, 6.45) is 5.85. The van der Waals surface area contributed by atoms with E-state index in [1.54, 1.807) is 4.90 Å². The summed E-state index contributed by atoms with van der Waals surface area (Å²) in [4.78, 5) is 20.0. The molecule has 0 atom stereocenters. The maximum atomic E-state index is 12.8. The Labute approximate surface area is 176 Å². The van der Waals surface area contributed by atoms with Crippen molar-refractivity contribution >= 4 is 46.0 Å². The van der Waals surface area contributed by atoms with E-state index in [9.17, 15) is 4.79 Å². The summed E-state index contributed by atoms with van der Waals surface area (Å²) in [5, 5.41) is 0. The SMILES string of the molecule is O=C1/C(=C\c2ccc(N3CCCCC3)cc2)SC(=S)N1CCN1CCOCC1. The number of nitrogens with zero attached hydrogens (tertiary/aromatic N) is 3. The van der Waals surface area contributed by atoms with Gasteiger partial charge in [-0.2, -0.15) is 0 Å². The zero-order valence-corrected chi connectivity index (χ0v) is 17.8. The number of benzene rings is 1. The quantitative estimate of drug-likeness (QED) is 0.541. The Bertz CT molecular complexity index is 739. The lowest BCUT2D eigenvalue weighted by molar-refractivity contribution is -0.122. The molecule has 3 heterocycles. The van der Waals surface area contributed by atoms with Crippen molar-refractivity contribution in [2.24, 2.45) is 0 Å². The lowest BCUT2D eigenvalue weighted by Crippen LogP contribution is -2.42. The van der Waals surface area contributed by atoms with Crippen LogP contribution in [0.3, 0.4) is 0 Å². The second kappa shape index (κ2) is 9.39. The van der Waals surface area contributed by atoms with Gasteiger partial charge in [-0.3, -0.25) is 14.6 Å². The van der Waals surface area contributed by atoms with Crippen molar-refractivity contribution in [3.05, 3.63) is 34.7 Å². The molecule has 7 heteroatoms. The van der Waals surface area contributed by atoms with Crippen molar-refractivity contribution < 1.29 is 9.53 Å². The predicted molar refractivity (Wildman–Crippen MR) is 120 cm³/mol. The Hall–Kier alpha value is -1.41. The highest BCUT2D eigenvalue weighted by Crippen LogP contribution is 2.32. The van der Waals surface area contributed by atoms with Crippen molar-refractivity contribution in [1.82, 2.24) is 9.80 Å². The van der Waals surface area contributed by atoms with Crippen LogP contribution in [-0.4, -0.2) is 72.5 Å². The van der Waals surface area contributed by atoms with Crippen LogP contribution < -0.4 is 4.90 Å². The van der Waals surface area contributed by atoms with Crippen LogP contribution in [0, 0.1) is 0 Å². The summed E-state index contributed by atoms with van der Waals surface area (Å²) < 4.78 is 6.04. The molecule has 28 heavy (non-hydrogen) atoms. The van der Waals surface area contributed by atoms with Gasteiger partial charge in [-0.15, -0.1) is 0 Å². The molecule has 0 unspecified atom stereocenters. The monoisotopic (exact) mass is 417 g/mol. The van der Waals surface area contributed by atoms with Gasteiger partial charge in [0.15, 0.2) is 0 Å². The van der Waals surface area contributed by atoms with E-state index in [1.807, 2.05) is 6.08 Å². The number of amides is 1. The van der Waals surface area contributed by atoms with Crippen LogP contribution in [0.25, 0.3) is 6.08 Å². The van der Waals surface area contributed by atoms with Crippen LogP contribution in [0.1, 0.15) is 24.8 Å². The molecule has 0 aliphatic carbocycles.